The monoisotopic (exact) mass is 515 g/mol. The molecule has 3 heterocycles. The maximum absolute atomic E-state index is 13.1. The molecule has 0 saturated carbocycles. The van der Waals surface area contributed by atoms with Gasteiger partial charge in [-0.05, 0) is 57.5 Å². The first-order chi connectivity index (χ1) is 18.2. The van der Waals surface area contributed by atoms with E-state index in [1.807, 2.05) is 31.2 Å². The van der Waals surface area contributed by atoms with Crippen molar-refractivity contribution in [3.8, 4) is 17.3 Å². The average Bonchev–Trinajstić information content (AvgIpc) is 2.93. The van der Waals surface area contributed by atoms with Gasteiger partial charge in [-0.15, -0.1) is 0 Å². The summed E-state index contributed by atoms with van der Waals surface area (Å²) in [4.78, 5) is 28.9. The van der Waals surface area contributed by atoms with E-state index < -0.39 is 11.5 Å². The number of aliphatic hydroxyl groups excluding tert-OH is 1. The van der Waals surface area contributed by atoms with Gasteiger partial charge >= 0.3 is 0 Å². The number of ether oxygens (including phenoxy) is 1. The summed E-state index contributed by atoms with van der Waals surface area (Å²) in [6.07, 6.45) is 1.01. The molecule has 38 heavy (non-hydrogen) atoms. The number of carbonyl (C=O) groups excluding carboxylic acids is 1. The summed E-state index contributed by atoms with van der Waals surface area (Å²) >= 11 is 0. The van der Waals surface area contributed by atoms with Gasteiger partial charge in [0.05, 0.1) is 42.2 Å². The minimum atomic E-state index is -0.807. The number of pyridine rings is 1. The number of rotatable bonds is 8. The summed E-state index contributed by atoms with van der Waals surface area (Å²) in [5.41, 5.74) is 3.29. The van der Waals surface area contributed by atoms with Crippen LogP contribution in [0.25, 0.3) is 11.3 Å². The molecule has 4 rings (SSSR count). The molecule has 1 amide bonds. The zero-order chi connectivity index (χ0) is 27.3. The van der Waals surface area contributed by atoms with Crippen molar-refractivity contribution in [2.45, 2.75) is 39.2 Å². The van der Waals surface area contributed by atoms with Gasteiger partial charge in [-0.2, -0.15) is 10.2 Å². The highest BCUT2D eigenvalue weighted by Crippen LogP contribution is 2.29. The number of nitrogens with one attached hydrogen (secondary N) is 2. The molecule has 0 spiro atoms. The predicted octanol–water partition coefficient (Wildman–Crippen LogP) is 3.53. The first kappa shape index (κ1) is 27.0. The zero-order valence-electron chi connectivity index (χ0n) is 22.2. The highest BCUT2D eigenvalue weighted by atomic mass is 16.5. The molecule has 0 aliphatic carbocycles. The maximum Gasteiger partial charge on any atom is 0.255 e. The summed E-state index contributed by atoms with van der Waals surface area (Å²) in [5.74, 6) is 0.890. The third-order valence-corrected chi connectivity index (χ3v) is 6.30. The third-order valence-electron chi connectivity index (χ3n) is 6.30. The van der Waals surface area contributed by atoms with E-state index in [0.29, 0.717) is 67.3 Å². The van der Waals surface area contributed by atoms with E-state index in [-0.39, 0.29) is 5.91 Å². The van der Waals surface area contributed by atoms with Crippen molar-refractivity contribution in [2.75, 3.05) is 48.4 Å². The van der Waals surface area contributed by atoms with Gasteiger partial charge in [0.25, 0.3) is 5.91 Å². The molecule has 1 atom stereocenters. The quantitative estimate of drug-likeness (QED) is 0.411. The van der Waals surface area contributed by atoms with Gasteiger partial charge in [-0.3, -0.25) is 9.78 Å². The van der Waals surface area contributed by atoms with E-state index >= 15 is 0 Å². The van der Waals surface area contributed by atoms with Crippen LogP contribution < -0.4 is 15.5 Å². The Labute approximate surface area is 222 Å². The Hall–Kier alpha value is -4.07. The predicted molar refractivity (Wildman–Crippen MR) is 146 cm³/mol. The molecule has 1 unspecified atom stereocenters. The summed E-state index contributed by atoms with van der Waals surface area (Å²) < 4.78 is 5.48. The van der Waals surface area contributed by atoms with Crippen LogP contribution in [0.4, 0.5) is 17.5 Å². The lowest BCUT2D eigenvalue weighted by atomic mass is 9.90. The Bertz CT molecular complexity index is 1340. The number of aromatic nitrogens is 3. The topological polar surface area (TPSA) is 136 Å². The van der Waals surface area contributed by atoms with Crippen molar-refractivity contribution in [3.63, 3.8) is 0 Å². The molecule has 1 aliphatic rings. The fourth-order valence-corrected chi connectivity index (χ4v) is 3.97. The molecule has 10 nitrogen and oxygen atoms in total. The average molecular weight is 516 g/mol. The Morgan fingerprint density at radius 3 is 2.68 bits per heavy atom. The Kier molecular flexibility index (Phi) is 8.20. The van der Waals surface area contributed by atoms with Crippen LogP contribution in [0.1, 0.15) is 42.4 Å². The highest BCUT2D eigenvalue weighted by Gasteiger charge is 2.23. The van der Waals surface area contributed by atoms with Gasteiger partial charge in [-0.25, -0.2) is 4.98 Å². The van der Waals surface area contributed by atoms with E-state index in [1.165, 1.54) is 0 Å². The molecule has 198 valence electrons. The summed E-state index contributed by atoms with van der Waals surface area (Å²) in [6, 6.07) is 13.0. The zero-order valence-corrected chi connectivity index (χ0v) is 22.2. The minimum absolute atomic E-state index is 0.298. The van der Waals surface area contributed by atoms with Crippen LogP contribution in [-0.4, -0.2) is 64.9 Å². The van der Waals surface area contributed by atoms with Crippen LogP contribution in [0, 0.1) is 18.3 Å². The molecule has 0 bridgehead atoms. The molecule has 3 N–H and O–H groups in total. The first-order valence-electron chi connectivity index (χ1n) is 12.6. The molecular weight excluding hydrogens is 482 g/mol. The van der Waals surface area contributed by atoms with Gasteiger partial charge in [0, 0.05) is 48.7 Å². The van der Waals surface area contributed by atoms with Crippen molar-refractivity contribution in [1.29, 1.82) is 5.26 Å². The first-order valence-corrected chi connectivity index (χ1v) is 12.6. The van der Waals surface area contributed by atoms with Gasteiger partial charge in [-0.1, -0.05) is 6.07 Å². The molecule has 1 fully saturated rings. The Balaban J connectivity index is 1.64. The van der Waals surface area contributed by atoms with E-state index in [2.05, 4.69) is 31.6 Å². The standard InChI is InChI=1S/C28H33N7O3/c1-18-5-6-21(32-26(37)20-7-8-30-24(13-20)28(3,4)17-29)14-22(18)23-15-25(31-16-19(2)36)34-27(33-23)35-9-11-38-12-10-35/h5-8,13-15,19,36H,9-12,16H2,1-4H3,(H,32,37)(H,31,33,34). The lowest BCUT2D eigenvalue weighted by Gasteiger charge is -2.27. The smallest absolute Gasteiger partial charge is 0.255 e. The van der Waals surface area contributed by atoms with Crippen LogP contribution >= 0.6 is 0 Å². The largest absolute Gasteiger partial charge is 0.392 e. The number of amides is 1. The number of hydrogen-bond acceptors (Lipinski definition) is 9. The number of nitrogens with zero attached hydrogens (tertiary/aromatic N) is 5. The Morgan fingerprint density at radius 1 is 1.21 bits per heavy atom. The van der Waals surface area contributed by atoms with E-state index in [1.54, 1.807) is 39.1 Å². The number of aryl methyl sites for hydroxylation is 1. The third kappa shape index (κ3) is 6.43. The fourth-order valence-electron chi connectivity index (χ4n) is 3.97. The summed E-state index contributed by atoms with van der Waals surface area (Å²) in [7, 11) is 0. The number of morpholine rings is 1. The Morgan fingerprint density at radius 2 is 1.97 bits per heavy atom. The molecule has 1 saturated heterocycles. The van der Waals surface area contributed by atoms with Gasteiger partial charge in [0.1, 0.15) is 5.82 Å². The second-order valence-electron chi connectivity index (χ2n) is 9.92. The number of anilines is 3. The SMILES string of the molecule is Cc1ccc(NC(=O)c2ccnc(C(C)(C)C#N)c2)cc1-c1cc(NCC(C)O)nc(N2CCOCC2)n1. The second kappa shape index (κ2) is 11.5. The molecule has 1 aliphatic heterocycles. The van der Waals surface area contributed by atoms with E-state index in [0.717, 1.165) is 11.1 Å². The number of nitriles is 1. The number of hydrogen-bond donors (Lipinski definition) is 3. The van der Waals surface area contributed by atoms with Crippen LogP contribution in [0.3, 0.4) is 0 Å². The van der Waals surface area contributed by atoms with Crippen molar-refractivity contribution in [2.24, 2.45) is 0 Å². The molecule has 2 aromatic heterocycles. The maximum atomic E-state index is 13.1. The van der Waals surface area contributed by atoms with Crippen molar-refractivity contribution in [3.05, 3.63) is 59.4 Å². The normalized spacial score (nSPS) is 14.5. The second-order valence-corrected chi connectivity index (χ2v) is 9.92. The van der Waals surface area contributed by atoms with Crippen LogP contribution in [0.5, 0.6) is 0 Å². The molecule has 10 heteroatoms. The summed E-state index contributed by atoms with van der Waals surface area (Å²) in [5, 5.41) is 25.3. The van der Waals surface area contributed by atoms with E-state index in [9.17, 15) is 15.2 Å². The van der Waals surface area contributed by atoms with Crippen LogP contribution in [-0.2, 0) is 10.2 Å². The number of aliphatic hydroxyl groups is 1. The van der Waals surface area contributed by atoms with Crippen LogP contribution in [0.2, 0.25) is 0 Å². The number of benzene rings is 1. The van der Waals surface area contributed by atoms with Crippen molar-refractivity contribution >= 4 is 23.4 Å². The van der Waals surface area contributed by atoms with Crippen molar-refractivity contribution in [1.82, 2.24) is 15.0 Å². The van der Waals surface area contributed by atoms with E-state index in [4.69, 9.17) is 9.72 Å². The molecule has 1 aromatic carbocycles. The highest BCUT2D eigenvalue weighted by molar-refractivity contribution is 6.04. The summed E-state index contributed by atoms with van der Waals surface area (Å²) in [6.45, 7) is 10.2. The van der Waals surface area contributed by atoms with Gasteiger partial charge < -0.3 is 25.4 Å². The van der Waals surface area contributed by atoms with Crippen LogP contribution in [0.15, 0.2) is 42.6 Å². The fraction of sp³-hybridized carbons (Fsp3) is 0.393. The number of carbonyl (C=O) groups is 1. The lowest BCUT2D eigenvalue weighted by molar-refractivity contribution is 0.102. The van der Waals surface area contributed by atoms with Gasteiger partial charge in [0.15, 0.2) is 0 Å². The van der Waals surface area contributed by atoms with Crippen molar-refractivity contribution < 1.29 is 14.6 Å². The lowest BCUT2D eigenvalue weighted by Crippen LogP contribution is -2.37. The molecule has 3 aromatic rings. The molecule has 0 radical (unpaired) electrons. The minimum Gasteiger partial charge on any atom is -0.392 e. The van der Waals surface area contributed by atoms with Gasteiger partial charge in [0.2, 0.25) is 5.95 Å². The molecular formula is C28H33N7O3.